The average molecular weight is 509 g/mol. The second-order valence-electron chi connectivity index (χ2n) is 9.37. The van der Waals surface area contributed by atoms with Crippen molar-refractivity contribution < 1.29 is 24.1 Å². The summed E-state index contributed by atoms with van der Waals surface area (Å²) in [5.41, 5.74) is 0.334. The summed E-state index contributed by atoms with van der Waals surface area (Å²) in [6.07, 6.45) is 7.01. The predicted octanol–water partition coefficient (Wildman–Crippen LogP) is 7.61. The molecule has 5 nitrogen and oxygen atoms in total. The van der Waals surface area contributed by atoms with Crippen LogP contribution in [0.25, 0.3) is 0 Å². The number of hydrogen-bond donors (Lipinski definition) is 1. The van der Waals surface area contributed by atoms with Crippen molar-refractivity contribution in [2.45, 2.75) is 57.0 Å². The first-order valence-corrected chi connectivity index (χ1v) is 13.0. The van der Waals surface area contributed by atoms with E-state index in [4.69, 9.17) is 25.8 Å². The van der Waals surface area contributed by atoms with Gasteiger partial charge in [-0.25, -0.2) is 4.79 Å². The zero-order valence-corrected chi connectivity index (χ0v) is 21.4. The van der Waals surface area contributed by atoms with Gasteiger partial charge in [0.2, 0.25) is 5.60 Å². The Balaban J connectivity index is 1.31. The van der Waals surface area contributed by atoms with E-state index in [0.717, 1.165) is 5.75 Å². The lowest BCUT2D eigenvalue weighted by Crippen LogP contribution is -2.38. The van der Waals surface area contributed by atoms with E-state index >= 15 is 0 Å². The van der Waals surface area contributed by atoms with Gasteiger partial charge in [0.1, 0.15) is 17.2 Å². The second kappa shape index (κ2) is 12.2. The summed E-state index contributed by atoms with van der Waals surface area (Å²) in [5, 5.41) is 10.7. The van der Waals surface area contributed by atoms with Gasteiger partial charge in [-0.2, -0.15) is 0 Å². The van der Waals surface area contributed by atoms with Crippen LogP contribution in [0.15, 0.2) is 72.8 Å². The van der Waals surface area contributed by atoms with Crippen molar-refractivity contribution in [3.63, 3.8) is 0 Å². The average Bonchev–Trinajstić information content (AvgIpc) is 2.90. The predicted molar refractivity (Wildman–Crippen MR) is 141 cm³/mol. The molecule has 0 aromatic heterocycles. The first kappa shape index (κ1) is 25.9. The Morgan fingerprint density at radius 1 is 0.833 bits per heavy atom. The fourth-order valence-corrected chi connectivity index (χ4v) is 4.67. The van der Waals surface area contributed by atoms with Gasteiger partial charge in [-0.15, -0.1) is 0 Å². The van der Waals surface area contributed by atoms with Crippen LogP contribution in [0.3, 0.4) is 0 Å². The summed E-state index contributed by atoms with van der Waals surface area (Å²) >= 11 is 5.88. The van der Waals surface area contributed by atoms with Crippen molar-refractivity contribution in [1.29, 1.82) is 0 Å². The number of hydrogen-bond acceptors (Lipinski definition) is 4. The van der Waals surface area contributed by atoms with Crippen LogP contribution in [-0.4, -0.2) is 24.3 Å². The molecule has 4 rings (SSSR count). The molecule has 0 amide bonds. The molecular formula is C30H33ClO5. The number of rotatable bonds is 11. The normalized spacial score (nSPS) is 15.6. The minimum atomic E-state index is -1.52. The Morgan fingerprint density at radius 3 is 1.92 bits per heavy atom. The molecule has 0 saturated heterocycles. The quantitative estimate of drug-likeness (QED) is 0.270. The van der Waals surface area contributed by atoms with Crippen molar-refractivity contribution in [3.05, 3.63) is 88.9 Å². The third-order valence-corrected chi connectivity index (χ3v) is 6.98. The number of carboxylic acid groups (broad SMARTS) is 1. The van der Waals surface area contributed by atoms with E-state index < -0.39 is 11.6 Å². The van der Waals surface area contributed by atoms with Crippen LogP contribution in [0, 0.1) is 0 Å². The lowest BCUT2D eigenvalue weighted by molar-refractivity contribution is -0.154. The van der Waals surface area contributed by atoms with Crippen molar-refractivity contribution in [2.75, 3.05) is 13.2 Å². The highest BCUT2D eigenvalue weighted by Gasteiger charge is 2.38. The molecule has 1 unspecified atom stereocenters. The maximum atomic E-state index is 12.2. The van der Waals surface area contributed by atoms with E-state index in [1.807, 2.05) is 24.3 Å². The molecule has 1 saturated carbocycles. The molecule has 3 aromatic carbocycles. The monoisotopic (exact) mass is 508 g/mol. The molecule has 0 aliphatic heterocycles. The fraction of sp³-hybridized carbons (Fsp3) is 0.367. The summed E-state index contributed by atoms with van der Waals surface area (Å²) < 4.78 is 17.5. The third-order valence-electron chi connectivity index (χ3n) is 6.73. The van der Waals surface area contributed by atoms with E-state index in [0.29, 0.717) is 47.6 Å². The first-order valence-electron chi connectivity index (χ1n) is 12.6. The summed E-state index contributed by atoms with van der Waals surface area (Å²) in [4.78, 5) is 12.2. The number of halogens is 1. The molecule has 36 heavy (non-hydrogen) atoms. The topological polar surface area (TPSA) is 65.0 Å². The highest BCUT2D eigenvalue weighted by atomic mass is 35.5. The number of benzene rings is 3. The maximum Gasteiger partial charge on any atom is 0.352 e. The standard InChI is InChI=1S/C30H33ClO5/c1-30(29(32)33,36-28-14-8-23(9-15-28)22-6-3-2-4-7-22)24-10-16-26(17-11-24)34-20-5-21-35-27-18-12-25(31)13-19-27/h8-19,22H,2-7,20-21H2,1H3,(H,32,33). The first-order chi connectivity index (χ1) is 17.4. The fourth-order valence-electron chi connectivity index (χ4n) is 4.54. The molecule has 0 spiro atoms. The van der Waals surface area contributed by atoms with Gasteiger partial charge in [0, 0.05) is 17.0 Å². The van der Waals surface area contributed by atoms with Gasteiger partial charge in [-0.1, -0.05) is 55.1 Å². The van der Waals surface area contributed by atoms with E-state index in [1.54, 1.807) is 43.3 Å². The van der Waals surface area contributed by atoms with Gasteiger partial charge in [-0.05, 0) is 79.8 Å². The van der Waals surface area contributed by atoms with Crippen LogP contribution in [0.2, 0.25) is 5.02 Å². The Hall–Kier alpha value is -3.18. The van der Waals surface area contributed by atoms with Gasteiger partial charge in [0.15, 0.2) is 0 Å². The zero-order valence-electron chi connectivity index (χ0n) is 20.6. The summed E-state index contributed by atoms with van der Waals surface area (Å²) in [6.45, 7) is 2.57. The third kappa shape index (κ3) is 6.73. The zero-order chi connectivity index (χ0) is 25.4. The summed E-state index contributed by atoms with van der Waals surface area (Å²) in [7, 11) is 0. The molecule has 1 aliphatic rings. The lowest BCUT2D eigenvalue weighted by atomic mass is 9.84. The van der Waals surface area contributed by atoms with Crippen LogP contribution in [-0.2, 0) is 10.4 Å². The van der Waals surface area contributed by atoms with Crippen LogP contribution in [0.4, 0.5) is 0 Å². The van der Waals surface area contributed by atoms with E-state index in [9.17, 15) is 9.90 Å². The Kier molecular flexibility index (Phi) is 8.76. The lowest BCUT2D eigenvalue weighted by Gasteiger charge is -2.27. The molecule has 190 valence electrons. The van der Waals surface area contributed by atoms with Gasteiger partial charge in [-0.3, -0.25) is 0 Å². The molecule has 1 N–H and O–H groups in total. The van der Waals surface area contributed by atoms with Gasteiger partial charge in [0.05, 0.1) is 13.2 Å². The Morgan fingerprint density at radius 2 is 1.36 bits per heavy atom. The smallest absolute Gasteiger partial charge is 0.352 e. The van der Waals surface area contributed by atoms with Crippen molar-refractivity contribution in [3.8, 4) is 17.2 Å². The molecule has 0 bridgehead atoms. The number of carbonyl (C=O) groups is 1. The van der Waals surface area contributed by atoms with E-state index in [-0.39, 0.29) is 0 Å². The van der Waals surface area contributed by atoms with Crippen LogP contribution < -0.4 is 14.2 Å². The van der Waals surface area contributed by atoms with Crippen molar-refractivity contribution >= 4 is 17.6 Å². The Labute approximate surface area is 218 Å². The molecule has 0 radical (unpaired) electrons. The molecule has 3 aromatic rings. The molecule has 1 atom stereocenters. The van der Waals surface area contributed by atoms with Crippen molar-refractivity contribution in [1.82, 2.24) is 0 Å². The van der Waals surface area contributed by atoms with Crippen LogP contribution >= 0.6 is 11.6 Å². The van der Waals surface area contributed by atoms with Gasteiger partial charge in [0.25, 0.3) is 0 Å². The summed E-state index contributed by atoms with van der Waals surface area (Å²) in [5.74, 6) is 1.51. The highest BCUT2D eigenvalue weighted by molar-refractivity contribution is 6.30. The van der Waals surface area contributed by atoms with E-state index in [2.05, 4.69) is 12.1 Å². The largest absolute Gasteiger partial charge is 0.493 e. The Bertz CT molecular complexity index is 1110. The number of aliphatic carboxylic acids is 1. The van der Waals surface area contributed by atoms with Gasteiger partial charge < -0.3 is 19.3 Å². The minimum Gasteiger partial charge on any atom is -0.493 e. The minimum absolute atomic E-state index is 0.479. The molecule has 1 fully saturated rings. The summed E-state index contributed by atoms with van der Waals surface area (Å²) in [6, 6.07) is 22.2. The molecular weight excluding hydrogens is 476 g/mol. The number of ether oxygens (including phenoxy) is 3. The molecule has 1 aliphatic carbocycles. The molecule has 6 heteroatoms. The van der Waals surface area contributed by atoms with Crippen LogP contribution in [0.1, 0.15) is 62.5 Å². The van der Waals surface area contributed by atoms with Crippen LogP contribution in [0.5, 0.6) is 17.2 Å². The molecule has 0 heterocycles. The highest BCUT2D eigenvalue weighted by Crippen LogP contribution is 2.35. The van der Waals surface area contributed by atoms with Gasteiger partial charge >= 0.3 is 5.97 Å². The number of carboxylic acids is 1. The van der Waals surface area contributed by atoms with Crippen molar-refractivity contribution in [2.24, 2.45) is 0 Å². The van der Waals surface area contributed by atoms with E-state index in [1.165, 1.54) is 37.7 Å². The maximum absolute atomic E-state index is 12.2. The second-order valence-corrected chi connectivity index (χ2v) is 9.81. The SMILES string of the molecule is CC(Oc1ccc(C2CCCCC2)cc1)(C(=O)O)c1ccc(OCCCOc2ccc(Cl)cc2)cc1.